The summed E-state index contributed by atoms with van der Waals surface area (Å²) in [6.07, 6.45) is -0.898. The molecule has 0 saturated heterocycles. The van der Waals surface area contributed by atoms with Crippen molar-refractivity contribution in [2.75, 3.05) is 13.7 Å². The van der Waals surface area contributed by atoms with E-state index in [0.717, 1.165) is 0 Å². The molecule has 0 aliphatic heterocycles. The number of fused-ring (bicyclic) bond motifs is 1. The Bertz CT molecular complexity index is 874. The lowest BCUT2D eigenvalue weighted by atomic mass is 10.1. The molecule has 0 bridgehead atoms. The number of ether oxygens (including phenoxy) is 1. The molecule has 0 spiro atoms. The van der Waals surface area contributed by atoms with E-state index >= 15 is 0 Å². The molecular formula is C18H16FNO4. The molecule has 1 aromatic heterocycles. The Balaban J connectivity index is 1.68. The van der Waals surface area contributed by atoms with Crippen LogP contribution in [-0.2, 0) is 0 Å². The maximum absolute atomic E-state index is 13.6. The van der Waals surface area contributed by atoms with Gasteiger partial charge in [-0.05, 0) is 29.8 Å². The van der Waals surface area contributed by atoms with Crippen molar-refractivity contribution in [3.63, 3.8) is 0 Å². The predicted octanol–water partition coefficient (Wildman–Crippen LogP) is 3.04. The van der Waals surface area contributed by atoms with Crippen LogP contribution in [0.5, 0.6) is 5.75 Å². The summed E-state index contributed by atoms with van der Waals surface area (Å²) >= 11 is 0. The van der Waals surface area contributed by atoms with E-state index in [1.54, 1.807) is 36.4 Å². The first-order valence-electron chi connectivity index (χ1n) is 7.37. The van der Waals surface area contributed by atoms with Gasteiger partial charge in [-0.2, -0.15) is 0 Å². The number of aliphatic hydroxyl groups is 1. The Labute approximate surface area is 137 Å². The van der Waals surface area contributed by atoms with Gasteiger partial charge in [-0.3, -0.25) is 4.79 Å². The van der Waals surface area contributed by atoms with Crippen LogP contribution in [0.1, 0.15) is 22.2 Å². The topological polar surface area (TPSA) is 71.7 Å². The Morgan fingerprint density at radius 3 is 2.83 bits per heavy atom. The Morgan fingerprint density at radius 1 is 1.29 bits per heavy atom. The van der Waals surface area contributed by atoms with Gasteiger partial charge in [0, 0.05) is 11.9 Å². The van der Waals surface area contributed by atoms with Gasteiger partial charge >= 0.3 is 0 Å². The van der Waals surface area contributed by atoms with E-state index in [0.29, 0.717) is 16.7 Å². The predicted molar refractivity (Wildman–Crippen MR) is 86.5 cm³/mol. The van der Waals surface area contributed by atoms with E-state index in [1.165, 1.54) is 19.2 Å². The minimum absolute atomic E-state index is 0.00653. The first kappa shape index (κ1) is 16.0. The summed E-state index contributed by atoms with van der Waals surface area (Å²) < 4.78 is 23.9. The molecule has 0 radical (unpaired) electrons. The van der Waals surface area contributed by atoms with E-state index in [-0.39, 0.29) is 17.9 Å². The highest BCUT2D eigenvalue weighted by atomic mass is 19.1. The van der Waals surface area contributed by atoms with E-state index in [9.17, 15) is 14.3 Å². The summed E-state index contributed by atoms with van der Waals surface area (Å²) in [5.41, 5.74) is 0.654. The average Bonchev–Trinajstić information content (AvgIpc) is 3.05. The second kappa shape index (κ2) is 6.72. The third-order valence-electron chi connectivity index (χ3n) is 3.65. The average molecular weight is 329 g/mol. The highest BCUT2D eigenvalue weighted by molar-refractivity contribution is 5.96. The second-order valence-electron chi connectivity index (χ2n) is 5.27. The lowest BCUT2D eigenvalue weighted by Crippen LogP contribution is -2.28. The molecule has 0 aliphatic carbocycles. The molecule has 0 aliphatic rings. The third kappa shape index (κ3) is 3.23. The summed E-state index contributed by atoms with van der Waals surface area (Å²) in [7, 11) is 1.54. The van der Waals surface area contributed by atoms with Gasteiger partial charge in [0.25, 0.3) is 5.91 Å². The van der Waals surface area contributed by atoms with E-state index < -0.39 is 17.8 Å². The fraction of sp³-hybridized carbons (Fsp3) is 0.167. The van der Waals surface area contributed by atoms with Crippen LogP contribution in [0.25, 0.3) is 11.0 Å². The van der Waals surface area contributed by atoms with Crippen LogP contribution in [0.3, 0.4) is 0 Å². The third-order valence-corrected chi connectivity index (χ3v) is 3.65. The van der Waals surface area contributed by atoms with Crippen LogP contribution < -0.4 is 10.1 Å². The van der Waals surface area contributed by atoms with Crippen LogP contribution in [0.15, 0.2) is 52.9 Å². The summed E-state index contributed by atoms with van der Waals surface area (Å²) in [6, 6.07) is 12.9. The van der Waals surface area contributed by atoms with Gasteiger partial charge in [0.15, 0.2) is 17.2 Å². The zero-order valence-electron chi connectivity index (χ0n) is 13.0. The molecule has 5 nitrogen and oxygen atoms in total. The zero-order chi connectivity index (χ0) is 17.1. The molecule has 24 heavy (non-hydrogen) atoms. The Morgan fingerprint density at radius 2 is 2.08 bits per heavy atom. The summed E-state index contributed by atoms with van der Waals surface area (Å²) in [4.78, 5) is 12.1. The van der Waals surface area contributed by atoms with Crippen LogP contribution in [0.4, 0.5) is 4.39 Å². The number of methoxy groups -OCH3 is 1. The van der Waals surface area contributed by atoms with Crippen molar-refractivity contribution >= 4 is 16.9 Å². The lowest BCUT2D eigenvalue weighted by Gasteiger charge is -2.12. The van der Waals surface area contributed by atoms with Gasteiger partial charge in [0.1, 0.15) is 5.75 Å². The van der Waals surface area contributed by atoms with E-state index in [1.807, 2.05) is 0 Å². The van der Waals surface area contributed by atoms with Gasteiger partial charge < -0.3 is 19.6 Å². The highest BCUT2D eigenvalue weighted by Crippen LogP contribution is 2.22. The van der Waals surface area contributed by atoms with Crippen molar-refractivity contribution < 1.29 is 23.4 Å². The van der Waals surface area contributed by atoms with Crippen molar-refractivity contribution in [3.8, 4) is 5.75 Å². The number of hydrogen-bond acceptors (Lipinski definition) is 4. The first-order valence-corrected chi connectivity index (χ1v) is 7.37. The van der Waals surface area contributed by atoms with Gasteiger partial charge in [0.2, 0.25) is 0 Å². The minimum Gasteiger partial charge on any atom is -0.497 e. The van der Waals surface area contributed by atoms with Crippen LogP contribution in [0.2, 0.25) is 0 Å². The normalized spacial score (nSPS) is 12.1. The highest BCUT2D eigenvalue weighted by Gasteiger charge is 2.16. The van der Waals surface area contributed by atoms with Crippen LogP contribution >= 0.6 is 0 Å². The monoisotopic (exact) mass is 329 g/mol. The van der Waals surface area contributed by atoms with Crippen LogP contribution in [-0.4, -0.2) is 24.7 Å². The molecule has 2 N–H and O–H groups in total. The SMILES string of the molecule is COc1cccc([C@@H](O)CNC(=O)c2cc3cccc(F)c3o2)c1. The fourth-order valence-electron chi connectivity index (χ4n) is 2.38. The Hall–Kier alpha value is -2.86. The van der Waals surface area contributed by atoms with Gasteiger partial charge in [-0.15, -0.1) is 0 Å². The number of nitrogens with one attached hydrogen (secondary N) is 1. The first-order chi connectivity index (χ1) is 11.6. The lowest BCUT2D eigenvalue weighted by molar-refractivity contribution is 0.0891. The van der Waals surface area contributed by atoms with Crippen molar-refractivity contribution in [2.24, 2.45) is 0 Å². The molecule has 1 heterocycles. The van der Waals surface area contributed by atoms with E-state index in [4.69, 9.17) is 9.15 Å². The molecular weight excluding hydrogens is 313 g/mol. The molecule has 124 valence electrons. The number of halogens is 1. The molecule has 0 saturated carbocycles. The van der Waals surface area contributed by atoms with Crippen molar-refractivity contribution in [3.05, 3.63) is 65.7 Å². The molecule has 0 fully saturated rings. The van der Waals surface area contributed by atoms with Crippen molar-refractivity contribution in [1.29, 1.82) is 0 Å². The van der Waals surface area contributed by atoms with Gasteiger partial charge in [-0.25, -0.2) is 4.39 Å². The minimum atomic E-state index is -0.898. The molecule has 1 atom stereocenters. The zero-order valence-corrected chi connectivity index (χ0v) is 13.0. The number of aliphatic hydroxyl groups excluding tert-OH is 1. The molecule has 3 aromatic rings. The van der Waals surface area contributed by atoms with Crippen molar-refractivity contribution in [2.45, 2.75) is 6.10 Å². The van der Waals surface area contributed by atoms with Gasteiger partial charge in [-0.1, -0.05) is 24.3 Å². The maximum atomic E-state index is 13.6. The molecule has 3 rings (SSSR count). The quantitative estimate of drug-likeness (QED) is 0.755. The van der Waals surface area contributed by atoms with Crippen LogP contribution in [0, 0.1) is 5.82 Å². The number of carbonyl (C=O) groups is 1. The number of amides is 1. The number of hydrogen-bond donors (Lipinski definition) is 2. The van der Waals surface area contributed by atoms with Gasteiger partial charge in [0.05, 0.1) is 13.2 Å². The van der Waals surface area contributed by atoms with Crippen molar-refractivity contribution in [1.82, 2.24) is 5.32 Å². The smallest absolute Gasteiger partial charge is 0.287 e. The standard InChI is InChI=1S/C18H16FNO4/c1-23-13-6-2-4-11(8-13)15(21)10-20-18(22)16-9-12-5-3-7-14(19)17(12)24-16/h2-9,15,21H,10H2,1H3,(H,20,22)/t15-/m0/s1. The second-order valence-corrected chi connectivity index (χ2v) is 5.27. The fourth-order valence-corrected chi connectivity index (χ4v) is 2.38. The molecule has 1 amide bonds. The largest absolute Gasteiger partial charge is 0.497 e. The molecule has 6 heteroatoms. The number of benzene rings is 2. The molecule has 0 unspecified atom stereocenters. The summed E-state index contributed by atoms with van der Waals surface area (Å²) in [6.45, 7) is -0.00840. The number of carbonyl (C=O) groups excluding carboxylic acids is 1. The summed E-state index contributed by atoms with van der Waals surface area (Å²) in [5.74, 6) is -0.436. The Kier molecular flexibility index (Phi) is 4.48. The number of furan rings is 1. The number of para-hydroxylation sites is 1. The number of rotatable bonds is 5. The summed E-state index contributed by atoms with van der Waals surface area (Å²) in [5, 5.41) is 13.2. The molecule has 2 aromatic carbocycles. The maximum Gasteiger partial charge on any atom is 0.287 e. The van der Waals surface area contributed by atoms with E-state index in [2.05, 4.69) is 5.32 Å².